The molecule has 0 bridgehead atoms. The molecule has 0 amide bonds. The van der Waals surface area contributed by atoms with E-state index in [-0.39, 0.29) is 18.4 Å². The SMILES string of the molecule is C[NH+](C)CCOC(=O)C=Cc1ccccc1.[Cl-]. The van der Waals surface area contributed by atoms with Crippen LogP contribution in [0.1, 0.15) is 5.56 Å². The van der Waals surface area contributed by atoms with Crippen LogP contribution in [0.25, 0.3) is 6.08 Å². The van der Waals surface area contributed by atoms with Gasteiger partial charge in [0.1, 0.15) is 13.2 Å². The van der Waals surface area contributed by atoms with E-state index >= 15 is 0 Å². The number of rotatable bonds is 5. The van der Waals surface area contributed by atoms with Crippen molar-refractivity contribution in [2.75, 3.05) is 27.2 Å². The monoisotopic (exact) mass is 255 g/mol. The second-order valence-corrected chi connectivity index (χ2v) is 3.87. The first-order chi connectivity index (χ1) is 7.68. The molecule has 0 radical (unpaired) electrons. The number of likely N-dealkylation sites (N-methyl/N-ethyl adjacent to an activating group) is 1. The Bertz CT molecular complexity index is 350. The number of esters is 1. The van der Waals surface area contributed by atoms with Crippen LogP contribution in [0.3, 0.4) is 0 Å². The molecule has 1 aromatic carbocycles. The summed E-state index contributed by atoms with van der Waals surface area (Å²) in [5.74, 6) is -0.287. The van der Waals surface area contributed by atoms with Crippen LogP contribution in [-0.4, -0.2) is 33.2 Å². The minimum atomic E-state index is -0.287. The second kappa shape index (κ2) is 8.79. The number of hydrogen-bond donors (Lipinski definition) is 1. The van der Waals surface area contributed by atoms with Gasteiger partial charge in [0.15, 0.2) is 0 Å². The second-order valence-electron chi connectivity index (χ2n) is 3.87. The standard InChI is InChI=1S/C13H17NO2.ClH/c1-14(2)10-11-16-13(15)9-8-12-6-4-3-5-7-12;/h3-9H,10-11H2,1-2H3;1H. The van der Waals surface area contributed by atoms with Crippen LogP contribution >= 0.6 is 0 Å². The van der Waals surface area contributed by atoms with Gasteiger partial charge in [-0.3, -0.25) is 0 Å². The lowest BCUT2D eigenvalue weighted by Crippen LogP contribution is -3.06. The molecule has 0 fully saturated rings. The van der Waals surface area contributed by atoms with Gasteiger partial charge in [0.05, 0.1) is 14.1 Å². The largest absolute Gasteiger partial charge is 1.00 e. The van der Waals surface area contributed by atoms with E-state index in [1.165, 1.54) is 11.0 Å². The third kappa shape index (κ3) is 7.55. The van der Waals surface area contributed by atoms with Crippen molar-refractivity contribution >= 4 is 12.0 Å². The predicted octanol–water partition coefficient (Wildman–Crippen LogP) is -2.61. The molecule has 0 atom stereocenters. The number of carbonyl (C=O) groups excluding carboxylic acids is 1. The highest BCUT2D eigenvalue weighted by molar-refractivity contribution is 5.86. The van der Waals surface area contributed by atoms with Crippen LogP contribution in [0.4, 0.5) is 0 Å². The van der Waals surface area contributed by atoms with Crippen LogP contribution in [-0.2, 0) is 9.53 Å². The molecule has 3 nitrogen and oxygen atoms in total. The number of halogens is 1. The highest BCUT2D eigenvalue weighted by Gasteiger charge is 1.98. The lowest BCUT2D eigenvalue weighted by Gasteiger charge is -2.06. The van der Waals surface area contributed by atoms with Gasteiger partial charge in [-0.25, -0.2) is 4.79 Å². The molecule has 0 spiro atoms. The van der Waals surface area contributed by atoms with Crippen molar-refractivity contribution in [1.29, 1.82) is 0 Å². The number of quaternary nitrogens is 1. The lowest BCUT2D eigenvalue weighted by molar-refractivity contribution is -0.858. The molecule has 17 heavy (non-hydrogen) atoms. The Balaban J connectivity index is 0.00000256. The molecule has 1 N–H and O–H groups in total. The molecule has 4 heteroatoms. The zero-order valence-corrected chi connectivity index (χ0v) is 10.9. The summed E-state index contributed by atoms with van der Waals surface area (Å²) in [5.41, 5.74) is 0.998. The van der Waals surface area contributed by atoms with Crippen LogP contribution in [0.15, 0.2) is 36.4 Å². The fourth-order valence-corrected chi connectivity index (χ4v) is 1.13. The van der Waals surface area contributed by atoms with Crippen molar-refractivity contribution in [3.8, 4) is 0 Å². The molecule has 0 saturated carbocycles. The maximum atomic E-state index is 11.3. The minimum Gasteiger partial charge on any atom is -1.00 e. The summed E-state index contributed by atoms with van der Waals surface area (Å²) in [5, 5.41) is 0. The molecule has 0 aromatic heterocycles. The normalized spacial score (nSPS) is 10.3. The Hall–Kier alpha value is -1.32. The number of ether oxygens (including phenoxy) is 1. The van der Waals surface area contributed by atoms with E-state index in [9.17, 15) is 4.79 Å². The summed E-state index contributed by atoms with van der Waals surface area (Å²) in [6, 6.07) is 9.68. The fraction of sp³-hybridized carbons (Fsp3) is 0.308. The minimum absolute atomic E-state index is 0. The van der Waals surface area contributed by atoms with Crippen LogP contribution in [0.2, 0.25) is 0 Å². The predicted molar refractivity (Wildman–Crippen MR) is 64.1 cm³/mol. The maximum Gasteiger partial charge on any atom is 0.330 e. The van der Waals surface area contributed by atoms with Gasteiger partial charge in [0, 0.05) is 6.08 Å². The summed E-state index contributed by atoms with van der Waals surface area (Å²) >= 11 is 0. The van der Waals surface area contributed by atoms with E-state index in [1.54, 1.807) is 6.08 Å². The van der Waals surface area contributed by atoms with E-state index in [0.717, 1.165) is 12.1 Å². The van der Waals surface area contributed by atoms with E-state index < -0.39 is 0 Å². The smallest absolute Gasteiger partial charge is 0.330 e. The Labute approximate surface area is 108 Å². The Kier molecular flexibility index (Phi) is 8.11. The summed E-state index contributed by atoms with van der Waals surface area (Å²) in [6.07, 6.45) is 3.21. The van der Waals surface area contributed by atoms with Gasteiger partial charge in [-0.05, 0) is 11.6 Å². The van der Waals surface area contributed by atoms with Crippen LogP contribution < -0.4 is 17.3 Å². The maximum absolute atomic E-state index is 11.3. The summed E-state index contributed by atoms with van der Waals surface area (Å²) in [4.78, 5) is 12.5. The van der Waals surface area contributed by atoms with Gasteiger partial charge < -0.3 is 22.0 Å². The van der Waals surface area contributed by atoms with Gasteiger partial charge in [-0.15, -0.1) is 0 Å². The molecule has 0 unspecified atom stereocenters. The first-order valence-electron chi connectivity index (χ1n) is 5.37. The van der Waals surface area contributed by atoms with Crippen molar-refractivity contribution < 1.29 is 26.8 Å². The van der Waals surface area contributed by atoms with Gasteiger partial charge in [0.2, 0.25) is 0 Å². The molecular formula is C13H18ClNO2. The highest BCUT2D eigenvalue weighted by Crippen LogP contribution is 2.00. The van der Waals surface area contributed by atoms with Gasteiger partial charge in [0.25, 0.3) is 0 Å². The summed E-state index contributed by atoms with van der Waals surface area (Å²) in [7, 11) is 4.04. The average Bonchev–Trinajstić information content (AvgIpc) is 2.27. The first kappa shape index (κ1) is 15.7. The number of benzene rings is 1. The zero-order valence-electron chi connectivity index (χ0n) is 10.2. The molecule has 1 aromatic rings. The van der Waals surface area contributed by atoms with E-state index in [2.05, 4.69) is 0 Å². The molecule has 1 rings (SSSR count). The number of carbonyl (C=O) groups is 1. The molecule has 0 heterocycles. The van der Waals surface area contributed by atoms with Gasteiger partial charge >= 0.3 is 5.97 Å². The molecular weight excluding hydrogens is 238 g/mol. The molecule has 94 valence electrons. The molecule has 0 aliphatic rings. The summed E-state index contributed by atoms with van der Waals surface area (Å²) < 4.78 is 5.03. The van der Waals surface area contributed by atoms with Crippen LogP contribution in [0.5, 0.6) is 0 Å². The van der Waals surface area contributed by atoms with Crippen LogP contribution in [0, 0.1) is 0 Å². The lowest BCUT2D eigenvalue weighted by atomic mass is 10.2. The van der Waals surface area contributed by atoms with Crippen molar-refractivity contribution in [1.82, 2.24) is 0 Å². The van der Waals surface area contributed by atoms with E-state index in [0.29, 0.717) is 6.61 Å². The van der Waals surface area contributed by atoms with E-state index in [1.807, 2.05) is 44.4 Å². The van der Waals surface area contributed by atoms with Crippen molar-refractivity contribution in [3.63, 3.8) is 0 Å². The van der Waals surface area contributed by atoms with Gasteiger partial charge in [-0.1, -0.05) is 30.3 Å². The fourth-order valence-electron chi connectivity index (χ4n) is 1.13. The zero-order chi connectivity index (χ0) is 11.8. The number of nitrogens with one attached hydrogen (secondary N) is 1. The highest BCUT2D eigenvalue weighted by atomic mass is 35.5. The topological polar surface area (TPSA) is 30.7 Å². The van der Waals surface area contributed by atoms with Crippen molar-refractivity contribution in [2.24, 2.45) is 0 Å². The third-order valence-corrected chi connectivity index (χ3v) is 2.06. The van der Waals surface area contributed by atoms with Crippen molar-refractivity contribution in [3.05, 3.63) is 42.0 Å². The summed E-state index contributed by atoms with van der Waals surface area (Å²) in [6.45, 7) is 1.28. The van der Waals surface area contributed by atoms with Crippen molar-refractivity contribution in [2.45, 2.75) is 0 Å². The molecule has 0 aliphatic carbocycles. The van der Waals surface area contributed by atoms with Gasteiger partial charge in [-0.2, -0.15) is 0 Å². The Morgan fingerprint density at radius 2 is 1.94 bits per heavy atom. The quantitative estimate of drug-likeness (QED) is 0.462. The van der Waals surface area contributed by atoms with E-state index in [4.69, 9.17) is 4.74 Å². The third-order valence-electron chi connectivity index (χ3n) is 2.06. The number of hydrogen-bond acceptors (Lipinski definition) is 2. The average molecular weight is 256 g/mol. The first-order valence-corrected chi connectivity index (χ1v) is 5.37. The Morgan fingerprint density at radius 3 is 2.53 bits per heavy atom. The Morgan fingerprint density at radius 1 is 1.29 bits per heavy atom. The molecule has 0 saturated heterocycles. The molecule has 0 aliphatic heterocycles.